The Bertz CT molecular complexity index is 923. The number of rotatable bonds is 6. The number of benzene rings is 2. The highest BCUT2D eigenvalue weighted by Crippen LogP contribution is 2.34. The molecule has 3 rings (SSSR count). The van der Waals surface area contributed by atoms with Gasteiger partial charge in [-0.15, -0.1) is 0 Å². The second-order valence-corrected chi connectivity index (χ2v) is 6.35. The number of hydrogen-bond donors (Lipinski definition) is 1. The van der Waals surface area contributed by atoms with Gasteiger partial charge in [0.1, 0.15) is 5.75 Å². The Hall–Kier alpha value is -2.95. The van der Waals surface area contributed by atoms with Crippen molar-refractivity contribution in [2.24, 2.45) is 0 Å². The van der Waals surface area contributed by atoms with E-state index in [2.05, 4.69) is 10.3 Å². The normalized spacial score (nSPS) is 10.8. The second kappa shape index (κ2) is 7.52. The van der Waals surface area contributed by atoms with Gasteiger partial charge in [-0.25, -0.2) is 0 Å². The van der Waals surface area contributed by atoms with Crippen LogP contribution < -0.4 is 19.5 Å². The van der Waals surface area contributed by atoms with E-state index in [9.17, 15) is 0 Å². The topological polar surface area (TPSA) is 52.6 Å². The van der Waals surface area contributed by atoms with E-state index in [1.807, 2.05) is 63.2 Å². The molecule has 0 saturated carbocycles. The zero-order valence-corrected chi connectivity index (χ0v) is 15.8. The number of nitrogens with one attached hydrogen (secondary N) is 1. The summed E-state index contributed by atoms with van der Waals surface area (Å²) in [6.07, 6.45) is 0.119. The van der Waals surface area contributed by atoms with Gasteiger partial charge in [0, 0.05) is 28.5 Å². The summed E-state index contributed by atoms with van der Waals surface area (Å²) in [5.41, 5.74) is 3.74. The van der Waals surface area contributed by atoms with Gasteiger partial charge in [-0.2, -0.15) is 0 Å². The van der Waals surface area contributed by atoms with Gasteiger partial charge in [0.05, 0.1) is 25.8 Å². The molecule has 1 N–H and O–H groups in total. The van der Waals surface area contributed by atoms with Crippen molar-refractivity contribution in [3.63, 3.8) is 0 Å². The lowest BCUT2D eigenvalue weighted by molar-refractivity contribution is 0.243. The van der Waals surface area contributed by atoms with E-state index in [0.29, 0.717) is 11.5 Å². The SMILES string of the molecule is COc1ccc(Nc2cc(C)nc3ccc(OC(C)C)cc23)cc1OC. The van der Waals surface area contributed by atoms with Crippen molar-refractivity contribution < 1.29 is 14.2 Å². The number of methoxy groups -OCH3 is 2. The van der Waals surface area contributed by atoms with Crippen LogP contribution in [0.5, 0.6) is 17.2 Å². The maximum Gasteiger partial charge on any atom is 0.162 e. The molecule has 0 spiro atoms. The van der Waals surface area contributed by atoms with Gasteiger partial charge >= 0.3 is 0 Å². The van der Waals surface area contributed by atoms with Gasteiger partial charge < -0.3 is 19.5 Å². The predicted molar refractivity (Wildman–Crippen MR) is 105 cm³/mol. The Morgan fingerprint density at radius 3 is 2.38 bits per heavy atom. The highest BCUT2D eigenvalue weighted by atomic mass is 16.5. The summed E-state index contributed by atoms with van der Waals surface area (Å²) >= 11 is 0. The summed E-state index contributed by atoms with van der Waals surface area (Å²) in [5.74, 6) is 2.20. The Morgan fingerprint density at radius 2 is 1.69 bits per heavy atom. The zero-order valence-electron chi connectivity index (χ0n) is 15.8. The molecule has 0 bridgehead atoms. The maximum absolute atomic E-state index is 5.83. The monoisotopic (exact) mass is 352 g/mol. The van der Waals surface area contributed by atoms with E-state index >= 15 is 0 Å². The van der Waals surface area contributed by atoms with Crippen LogP contribution in [-0.4, -0.2) is 25.3 Å². The van der Waals surface area contributed by atoms with Crippen LogP contribution in [-0.2, 0) is 0 Å². The van der Waals surface area contributed by atoms with Gasteiger partial charge in [0.25, 0.3) is 0 Å². The van der Waals surface area contributed by atoms with E-state index in [0.717, 1.165) is 33.7 Å². The molecule has 0 radical (unpaired) electrons. The fourth-order valence-electron chi connectivity index (χ4n) is 2.86. The van der Waals surface area contributed by atoms with E-state index in [4.69, 9.17) is 14.2 Å². The zero-order chi connectivity index (χ0) is 18.7. The van der Waals surface area contributed by atoms with Crippen molar-refractivity contribution in [3.8, 4) is 17.2 Å². The van der Waals surface area contributed by atoms with Crippen LogP contribution in [0, 0.1) is 6.92 Å². The molecule has 0 aliphatic heterocycles. The molecule has 0 unspecified atom stereocenters. The third kappa shape index (κ3) is 3.82. The molecular weight excluding hydrogens is 328 g/mol. The predicted octanol–water partition coefficient (Wildman–Crippen LogP) is 5.09. The maximum atomic E-state index is 5.83. The van der Waals surface area contributed by atoms with E-state index in [1.165, 1.54) is 0 Å². The molecule has 0 aliphatic rings. The molecule has 26 heavy (non-hydrogen) atoms. The van der Waals surface area contributed by atoms with Crippen LogP contribution in [0.2, 0.25) is 0 Å². The Balaban J connectivity index is 2.03. The van der Waals surface area contributed by atoms with Gasteiger partial charge in [-0.1, -0.05) is 0 Å². The van der Waals surface area contributed by atoms with Crippen molar-refractivity contribution in [1.29, 1.82) is 0 Å². The number of ether oxygens (including phenoxy) is 3. The van der Waals surface area contributed by atoms with Gasteiger partial charge in [-0.05, 0) is 57.2 Å². The molecule has 5 heteroatoms. The van der Waals surface area contributed by atoms with Crippen LogP contribution in [0.4, 0.5) is 11.4 Å². The summed E-state index contributed by atoms with van der Waals surface area (Å²) in [6, 6.07) is 13.7. The summed E-state index contributed by atoms with van der Waals surface area (Å²) < 4.78 is 16.5. The summed E-state index contributed by atoms with van der Waals surface area (Å²) in [5, 5.41) is 4.47. The lowest BCUT2D eigenvalue weighted by Gasteiger charge is -2.15. The minimum Gasteiger partial charge on any atom is -0.493 e. The third-order valence-corrected chi connectivity index (χ3v) is 3.94. The Kier molecular flexibility index (Phi) is 5.16. The lowest BCUT2D eigenvalue weighted by atomic mass is 10.1. The minimum atomic E-state index is 0.119. The molecule has 136 valence electrons. The number of nitrogens with zero attached hydrogens (tertiary/aromatic N) is 1. The number of aromatic nitrogens is 1. The van der Waals surface area contributed by atoms with Crippen LogP contribution >= 0.6 is 0 Å². The second-order valence-electron chi connectivity index (χ2n) is 6.35. The van der Waals surface area contributed by atoms with Crippen molar-refractivity contribution in [2.75, 3.05) is 19.5 Å². The fourth-order valence-corrected chi connectivity index (χ4v) is 2.86. The van der Waals surface area contributed by atoms with Crippen molar-refractivity contribution in [2.45, 2.75) is 26.9 Å². The first kappa shape index (κ1) is 17.9. The summed E-state index contributed by atoms with van der Waals surface area (Å²) in [6.45, 7) is 6.01. The molecule has 0 aliphatic carbocycles. The molecule has 1 heterocycles. The first-order valence-electron chi connectivity index (χ1n) is 8.57. The number of pyridine rings is 1. The van der Waals surface area contributed by atoms with Crippen LogP contribution in [0.3, 0.4) is 0 Å². The average Bonchev–Trinajstić information content (AvgIpc) is 2.61. The first-order chi connectivity index (χ1) is 12.5. The molecule has 1 aromatic heterocycles. The number of aryl methyl sites for hydroxylation is 1. The van der Waals surface area contributed by atoms with Crippen LogP contribution in [0.15, 0.2) is 42.5 Å². The Labute approximate surface area is 153 Å². The smallest absolute Gasteiger partial charge is 0.162 e. The Morgan fingerprint density at radius 1 is 0.923 bits per heavy atom. The molecule has 3 aromatic rings. The molecule has 0 fully saturated rings. The van der Waals surface area contributed by atoms with Gasteiger partial charge in [-0.3, -0.25) is 4.98 Å². The molecule has 5 nitrogen and oxygen atoms in total. The number of fused-ring (bicyclic) bond motifs is 1. The van der Waals surface area contributed by atoms with Gasteiger partial charge in [0.15, 0.2) is 11.5 Å². The van der Waals surface area contributed by atoms with Gasteiger partial charge in [0.2, 0.25) is 0 Å². The number of anilines is 2. The fraction of sp³-hybridized carbons (Fsp3) is 0.286. The molecule has 0 atom stereocenters. The number of hydrogen-bond acceptors (Lipinski definition) is 5. The third-order valence-electron chi connectivity index (χ3n) is 3.94. The van der Waals surface area contributed by atoms with Crippen molar-refractivity contribution in [1.82, 2.24) is 4.98 Å². The molecule has 2 aromatic carbocycles. The highest BCUT2D eigenvalue weighted by molar-refractivity contribution is 5.94. The quantitative estimate of drug-likeness (QED) is 0.669. The van der Waals surface area contributed by atoms with Crippen LogP contribution in [0.1, 0.15) is 19.5 Å². The minimum absolute atomic E-state index is 0.119. The summed E-state index contributed by atoms with van der Waals surface area (Å²) in [7, 11) is 3.25. The van der Waals surface area contributed by atoms with E-state index in [1.54, 1.807) is 14.2 Å². The van der Waals surface area contributed by atoms with Crippen molar-refractivity contribution in [3.05, 3.63) is 48.2 Å². The molecular formula is C21H24N2O3. The molecule has 0 saturated heterocycles. The van der Waals surface area contributed by atoms with Crippen molar-refractivity contribution >= 4 is 22.3 Å². The molecule has 0 amide bonds. The standard InChI is InChI=1S/C21H24N2O3/c1-13(2)26-16-7-8-18-17(12-16)19(10-14(3)22-18)23-15-6-9-20(24-4)21(11-15)25-5/h6-13H,1-5H3,(H,22,23). The van der Waals surface area contributed by atoms with E-state index in [-0.39, 0.29) is 6.10 Å². The summed E-state index contributed by atoms with van der Waals surface area (Å²) in [4.78, 5) is 4.62. The van der Waals surface area contributed by atoms with E-state index < -0.39 is 0 Å². The van der Waals surface area contributed by atoms with Crippen LogP contribution in [0.25, 0.3) is 10.9 Å². The average molecular weight is 352 g/mol. The largest absolute Gasteiger partial charge is 0.493 e. The first-order valence-corrected chi connectivity index (χ1v) is 8.57. The highest BCUT2D eigenvalue weighted by Gasteiger charge is 2.09. The lowest BCUT2D eigenvalue weighted by Crippen LogP contribution is -2.05.